The number of hydrogen-bond acceptors (Lipinski definition) is 5. The number of ether oxygens (including phenoxy) is 1. The maximum absolute atomic E-state index is 12.9. The number of thiazole rings is 1. The normalized spacial score (nSPS) is 20.0. The highest BCUT2D eigenvalue weighted by atomic mass is 32.1. The van der Waals surface area contributed by atoms with Crippen LogP contribution < -0.4 is 4.74 Å². The summed E-state index contributed by atoms with van der Waals surface area (Å²) >= 11 is 1.59. The van der Waals surface area contributed by atoms with Gasteiger partial charge in [-0.05, 0) is 57.1 Å². The number of nitrogens with zero attached hydrogens (tertiary/aromatic N) is 3. The monoisotopic (exact) mass is 441 g/mol. The summed E-state index contributed by atoms with van der Waals surface area (Å²) < 4.78 is 5.71. The van der Waals surface area contributed by atoms with E-state index < -0.39 is 0 Å². The third kappa shape index (κ3) is 5.64. The lowest BCUT2D eigenvalue weighted by Gasteiger charge is -2.43. The predicted octanol–water partition coefficient (Wildman–Crippen LogP) is 3.69. The molecule has 2 fully saturated rings. The second-order valence-corrected chi connectivity index (χ2v) is 9.57. The first-order valence-electron chi connectivity index (χ1n) is 11.3. The van der Waals surface area contributed by atoms with Crippen LogP contribution in [0.15, 0.2) is 35.7 Å². The first-order chi connectivity index (χ1) is 15.1. The number of likely N-dealkylation sites (tertiary alicyclic amines) is 2. The minimum absolute atomic E-state index is 0.0750. The summed E-state index contributed by atoms with van der Waals surface area (Å²) in [4.78, 5) is 34.0. The molecule has 1 atom stereocenters. The van der Waals surface area contributed by atoms with Crippen LogP contribution in [0, 0.1) is 12.8 Å². The molecule has 0 N–H and O–H groups in total. The van der Waals surface area contributed by atoms with Gasteiger partial charge in [0.05, 0.1) is 17.1 Å². The maximum Gasteiger partial charge on any atom is 0.260 e. The van der Waals surface area contributed by atoms with Gasteiger partial charge in [-0.3, -0.25) is 9.59 Å². The molecule has 4 rings (SSSR count). The molecule has 0 spiro atoms. The van der Waals surface area contributed by atoms with Crippen LogP contribution in [0.25, 0.3) is 0 Å². The van der Waals surface area contributed by atoms with E-state index in [4.69, 9.17) is 4.74 Å². The smallest absolute Gasteiger partial charge is 0.260 e. The third-order valence-electron chi connectivity index (χ3n) is 6.41. The number of para-hydroxylation sites is 1. The van der Waals surface area contributed by atoms with Gasteiger partial charge in [0.2, 0.25) is 5.91 Å². The molecule has 2 amide bonds. The maximum atomic E-state index is 12.9. The standard InChI is InChI=1S/C24H31N3O3S/c1-18-25-20(17-31-18)15-23(28)26-13-10-19(11-14-26)22-9-5-6-12-27(22)24(29)16-30-21-7-3-2-4-8-21/h2-4,7-8,17,19,22H,5-6,9-16H2,1H3. The Morgan fingerprint density at radius 2 is 1.84 bits per heavy atom. The van der Waals surface area contributed by atoms with Crippen molar-refractivity contribution in [1.82, 2.24) is 14.8 Å². The molecule has 0 aliphatic carbocycles. The van der Waals surface area contributed by atoms with E-state index in [0.717, 1.165) is 68.2 Å². The zero-order valence-electron chi connectivity index (χ0n) is 18.2. The van der Waals surface area contributed by atoms with E-state index in [1.54, 1.807) is 11.3 Å². The van der Waals surface area contributed by atoms with Gasteiger partial charge in [0.15, 0.2) is 6.61 Å². The number of amides is 2. The van der Waals surface area contributed by atoms with Crippen LogP contribution in [0.1, 0.15) is 42.8 Å². The minimum Gasteiger partial charge on any atom is -0.484 e. The van der Waals surface area contributed by atoms with Crippen molar-refractivity contribution in [3.8, 4) is 5.75 Å². The number of carbonyl (C=O) groups excluding carboxylic acids is 2. The molecule has 3 heterocycles. The van der Waals surface area contributed by atoms with Gasteiger partial charge < -0.3 is 14.5 Å². The molecule has 0 saturated carbocycles. The minimum atomic E-state index is 0.0750. The van der Waals surface area contributed by atoms with Gasteiger partial charge in [-0.25, -0.2) is 4.98 Å². The number of carbonyl (C=O) groups is 2. The van der Waals surface area contributed by atoms with Crippen molar-refractivity contribution in [2.75, 3.05) is 26.2 Å². The van der Waals surface area contributed by atoms with E-state index >= 15 is 0 Å². The highest BCUT2D eigenvalue weighted by molar-refractivity contribution is 7.09. The molecule has 0 radical (unpaired) electrons. The summed E-state index contributed by atoms with van der Waals surface area (Å²) in [5, 5.41) is 2.98. The van der Waals surface area contributed by atoms with Crippen molar-refractivity contribution in [1.29, 1.82) is 0 Å². The molecule has 166 valence electrons. The van der Waals surface area contributed by atoms with Gasteiger partial charge in [0.1, 0.15) is 5.75 Å². The van der Waals surface area contributed by atoms with Crippen LogP contribution in [-0.4, -0.2) is 58.9 Å². The first-order valence-corrected chi connectivity index (χ1v) is 12.1. The summed E-state index contributed by atoms with van der Waals surface area (Å²) in [6.45, 7) is 4.40. The van der Waals surface area contributed by atoms with E-state index in [1.807, 2.05) is 52.4 Å². The Morgan fingerprint density at radius 1 is 1.06 bits per heavy atom. The Kier molecular flexibility index (Phi) is 7.22. The van der Waals surface area contributed by atoms with Crippen molar-refractivity contribution >= 4 is 23.2 Å². The zero-order chi connectivity index (χ0) is 21.6. The molecule has 1 aromatic carbocycles. The molecule has 1 aromatic heterocycles. The Morgan fingerprint density at radius 3 is 2.55 bits per heavy atom. The van der Waals surface area contributed by atoms with E-state index in [0.29, 0.717) is 12.3 Å². The van der Waals surface area contributed by atoms with Crippen molar-refractivity contribution in [2.24, 2.45) is 5.92 Å². The van der Waals surface area contributed by atoms with Gasteiger partial charge >= 0.3 is 0 Å². The fraction of sp³-hybridized carbons (Fsp3) is 0.542. The third-order valence-corrected chi connectivity index (χ3v) is 7.23. The topological polar surface area (TPSA) is 62.7 Å². The second-order valence-electron chi connectivity index (χ2n) is 8.50. The second kappa shape index (κ2) is 10.3. The predicted molar refractivity (Wildman–Crippen MR) is 121 cm³/mol. The molecule has 2 aliphatic rings. The van der Waals surface area contributed by atoms with E-state index in [9.17, 15) is 9.59 Å². The summed E-state index contributed by atoms with van der Waals surface area (Å²) in [5.74, 6) is 1.42. The molecular formula is C24H31N3O3S. The molecular weight excluding hydrogens is 410 g/mol. The number of rotatable bonds is 6. The van der Waals surface area contributed by atoms with Crippen molar-refractivity contribution < 1.29 is 14.3 Å². The molecule has 2 saturated heterocycles. The van der Waals surface area contributed by atoms with Crippen molar-refractivity contribution in [3.63, 3.8) is 0 Å². The van der Waals surface area contributed by atoms with Crippen LogP contribution >= 0.6 is 11.3 Å². The van der Waals surface area contributed by atoms with Crippen LogP contribution in [0.5, 0.6) is 5.75 Å². The Labute approximate surface area is 188 Å². The Hall–Kier alpha value is -2.41. The molecule has 2 aliphatic heterocycles. The quantitative estimate of drug-likeness (QED) is 0.686. The van der Waals surface area contributed by atoms with Gasteiger partial charge in [0, 0.05) is 31.1 Å². The number of piperidine rings is 2. The molecule has 1 unspecified atom stereocenters. The van der Waals surface area contributed by atoms with Crippen molar-refractivity contribution in [3.05, 3.63) is 46.4 Å². The summed E-state index contributed by atoms with van der Waals surface area (Å²) in [7, 11) is 0. The molecule has 31 heavy (non-hydrogen) atoms. The van der Waals surface area contributed by atoms with Crippen LogP contribution in [-0.2, 0) is 16.0 Å². The Balaban J connectivity index is 1.29. The van der Waals surface area contributed by atoms with Crippen LogP contribution in [0.3, 0.4) is 0 Å². The average Bonchev–Trinajstić information content (AvgIpc) is 3.22. The molecule has 7 heteroatoms. The number of benzene rings is 1. The SMILES string of the molecule is Cc1nc(CC(=O)N2CCC(C3CCCCN3C(=O)COc3ccccc3)CC2)cs1. The molecule has 2 aromatic rings. The van der Waals surface area contributed by atoms with E-state index in [2.05, 4.69) is 4.98 Å². The highest BCUT2D eigenvalue weighted by Gasteiger charge is 2.35. The fourth-order valence-electron chi connectivity index (χ4n) is 4.79. The van der Waals surface area contributed by atoms with E-state index in [-0.39, 0.29) is 24.5 Å². The van der Waals surface area contributed by atoms with Gasteiger partial charge in [0.25, 0.3) is 5.91 Å². The van der Waals surface area contributed by atoms with Crippen LogP contribution in [0.2, 0.25) is 0 Å². The van der Waals surface area contributed by atoms with Crippen LogP contribution in [0.4, 0.5) is 0 Å². The summed E-state index contributed by atoms with van der Waals surface area (Å²) in [6, 6.07) is 9.77. The number of hydrogen-bond donors (Lipinski definition) is 0. The molecule has 6 nitrogen and oxygen atoms in total. The van der Waals surface area contributed by atoms with Crippen molar-refractivity contribution in [2.45, 2.75) is 51.5 Å². The lowest BCUT2D eigenvalue weighted by Crippen LogP contribution is -2.52. The van der Waals surface area contributed by atoms with Gasteiger partial charge in [-0.2, -0.15) is 0 Å². The first kappa shape index (κ1) is 21.8. The van der Waals surface area contributed by atoms with E-state index in [1.165, 1.54) is 0 Å². The van der Waals surface area contributed by atoms with Gasteiger partial charge in [-0.15, -0.1) is 11.3 Å². The fourth-order valence-corrected chi connectivity index (χ4v) is 5.40. The number of aromatic nitrogens is 1. The lowest BCUT2D eigenvalue weighted by molar-refractivity contribution is -0.140. The Bertz CT molecular complexity index is 877. The highest BCUT2D eigenvalue weighted by Crippen LogP contribution is 2.31. The largest absolute Gasteiger partial charge is 0.484 e. The zero-order valence-corrected chi connectivity index (χ0v) is 19.0. The summed E-state index contributed by atoms with van der Waals surface area (Å²) in [5.41, 5.74) is 0.872. The molecule has 0 bridgehead atoms. The average molecular weight is 442 g/mol. The van der Waals surface area contributed by atoms with Gasteiger partial charge in [-0.1, -0.05) is 18.2 Å². The summed E-state index contributed by atoms with van der Waals surface area (Å²) in [6.07, 6.45) is 5.56. The lowest BCUT2D eigenvalue weighted by atomic mass is 9.83. The number of aryl methyl sites for hydroxylation is 1.